The molecule has 2 aliphatic rings. The van der Waals surface area contributed by atoms with Crippen LogP contribution in [0.2, 0.25) is 0 Å². The van der Waals surface area contributed by atoms with E-state index in [2.05, 4.69) is 4.99 Å². The topological polar surface area (TPSA) is 85.5 Å². The van der Waals surface area contributed by atoms with Crippen molar-refractivity contribution in [2.45, 2.75) is 36.7 Å². The van der Waals surface area contributed by atoms with Crippen molar-refractivity contribution in [1.82, 2.24) is 4.90 Å². The first-order valence-corrected chi connectivity index (χ1v) is 6.54. The van der Waals surface area contributed by atoms with Gasteiger partial charge in [0.2, 0.25) is 0 Å². The van der Waals surface area contributed by atoms with Crippen molar-refractivity contribution >= 4 is 16.9 Å². The lowest BCUT2D eigenvalue weighted by Crippen LogP contribution is -2.55. The second kappa shape index (κ2) is 5.11. The molecule has 0 aromatic carbocycles. The van der Waals surface area contributed by atoms with Crippen LogP contribution in [0.25, 0.3) is 0 Å². The summed E-state index contributed by atoms with van der Waals surface area (Å²) in [5.74, 6) is 0. The van der Waals surface area contributed by atoms with Crippen LogP contribution in [0.1, 0.15) is 6.92 Å². The highest BCUT2D eigenvalue weighted by Crippen LogP contribution is 2.36. The number of fused-ring (bicyclic) bond motifs is 1. The van der Waals surface area contributed by atoms with Crippen molar-refractivity contribution in [3.8, 4) is 0 Å². The molecule has 1 unspecified atom stereocenters. The van der Waals surface area contributed by atoms with Crippen molar-refractivity contribution in [3.05, 3.63) is 0 Å². The zero-order valence-corrected chi connectivity index (χ0v) is 10.7. The Balaban J connectivity index is 2.12. The Kier molecular flexibility index (Phi) is 3.94. The highest BCUT2D eigenvalue weighted by Gasteiger charge is 2.48. The molecule has 0 saturated carbocycles. The molecule has 3 N–H and O–H groups in total. The fourth-order valence-corrected chi connectivity index (χ4v) is 3.15. The van der Waals surface area contributed by atoms with Crippen molar-refractivity contribution in [2.24, 2.45) is 4.99 Å². The predicted molar refractivity (Wildman–Crippen MR) is 64.9 cm³/mol. The summed E-state index contributed by atoms with van der Waals surface area (Å²) in [5, 5.41) is 29.5. The molecular formula is C10H18N2O4S. The van der Waals surface area contributed by atoms with Crippen LogP contribution in [0.5, 0.6) is 0 Å². The molecule has 2 aliphatic heterocycles. The summed E-state index contributed by atoms with van der Waals surface area (Å²) >= 11 is 1.42. The first-order chi connectivity index (χ1) is 8.08. The van der Waals surface area contributed by atoms with Crippen molar-refractivity contribution in [2.75, 3.05) is 20.2 Å². The SMILES string of the molecule is CCN(C)C1=N[C@@H]2C(O[C@H](CO)[C@@H](O)[C@@H]2O)S1. The van der Waals surface area contributed by atoms with Crippen LogP contribution in [-0.4, -0.2) is 75.4 Å². The Hall–Kier alpha value is -0.340. The molecule has 0 aliphatic carbocycles. The molecule has 0 bridgehead atoms. The largest absolute Gasteiger partial charge is 0.394 e. The Morgan fingerprint density at radius 1 is 1.41 bits per heavy atom. The van der Waals surface area contributed by atoms with Gasteiger partial charge in [-0.1, -0.05) is 11.8 Å². The Labute approximate surface area is 104 Å². The van der Waals surface area contributed by atoms with E-state index in [0.717, 1.165) is 11.7 Å². The molecule has 0 aromatic heterocycles. The minimum Gasteiger partial charge on any atom is -0.394 e. The molecule has 98 valence electrons. The lowest BCUT2D eigenvalue weighted by atomic mass is 9.99. The molecule has 0 amide bonds. The summed E-state index contributed by atoms with van der Waals surface area (Å²) in [6.07, 6.45) is -2.81. The number of aliphatic hydroxyl groups excluding tert-OH is 3. The quantitative estimate of drug-likeness (QED) is 0.582. The number of hydrogen-bond donors (Lipinski definition) is 3. The summed E-state index contributed by atoms with van der Waals surface area (Å²) < 4.78 is 5.53. The Bertz CT molecular complexity index is 315. The van der Waals surface area contributed by atoms with Gasteiger partial charge in [-0.3, -0.25) is 4.99 Å². The Morgan fingerprint density at radius 3 is 2.71 bits per heavy atom. The third-order valence-electron chi connectivity index (χ3n) is 3.13. The van der Waals surface area contributed by atoms with E-state index in [4.69, 9.17) is 9.84 Å². The van der Waals surface area contributed by atoms with Crippen LogP contribution in [0.15, 0.2) is 4.99 Å². The third kappa shape index (κ3) is 2.30. The minimum atomic E-state index is -1.09. The number of aliphatic hydroxyl groups is 3. The van der Waals surface area contributed by atoms with Crippen LogP contribution in [0, 0.1) is 0 Å². The molecule has 17 heavy (non-hydrogen) atoms. The van der Waals surface area contributed by atoms with E-state index in [1.54, 1.807) is 0 Å². The maximum absolute atomic E-state index is 9.94. The van der Waals surface area contributed by atoms with Crippen molar-refractivity contribution in [1.29, 1.82) is 0 Å². The summed E-state index contributed by atoms with van der Waals surface area (Å²) in [7, 11) is 1.91. The summed E-state index contributed by atoms with van der Waals surface area (Å²) in [6.45, 7) is 2.52. The Morgan fingerprint density at radius 2 is 2.12 bits per heavy atom. The van der Waals surface area contributed by atoms with Gasteiger partial charge in [0, 0.05) is 13.6 Å². The fraction of sp³-hybridized carbons (Fsp3) is 0.900. The maximum atomic E-state index is 9.94. The van der Waals surface area contributed by atoms with Gasteiger partial charge in [-0.15, -0.1) is 0 Å². The molecular weight excluding hydrogens is 244 g/mol. The normalized spacial score (nSPS) is 41.0. The number of nitrogens with zero attached hydrogens (tertiary/aromatic N) is 2. The van der Waals surface area contributed by atoms with Gasteiger partial charge in [-0.2, -0.15) is 0 Å². The highest BCUT2D eigenvalue weighted by molar-refractivity contribution is 8.14. The zero-order valence-electron chi connectivity index (χ0n) is 9.85. The van der Waals surface area contributed by atoms with Crippen LogP contribution < -0.4 is 0 Å². The van der Waals surface area contributed by atoms with Crippen LogP contribution in [-0.2, 0) is 4.74 Å². The molecule has 0 aromatic rings. The molecule has 2 rings (SSSR count). The van der Waals surface area contributed by atoms with Crippen molar-refractivity contribution in [3.63, 3.8) is 0 Å². The van der Waals surface area contributed by atoms with E-state index >= 15 is 0 Å². The second-order valence-electron chi connectivity index (χ2n) is 4.24. The van der Waals surface area contributed by atoms with Gasteiger partial charge in [0.25, 0.3) is 0 Å². The third-order valence-corrected chi connectivity index (χ3v) is 4.38. The van der Waals surface area contributed by atoms with Crippen LogP contribution >= 0.6 is 11.8 Å². The molecule has 0 spiro atoms. The number of aliphatic imine (C=N–C) groups is 1. The number of ether oxygens (including phenoxy) is 1. The van der Waals surface area contributed by atoms with Gasteiger partial charge >= 0.3 is 0 Å². The smallest absolute Gasteiger partial charge is 0.162 e. The standard InChI is InChI=1S/C10H18N2O4S/c1-3-12(2)10-11-6-8(15)7(14)5(4-13)16-9(6)17-10/h5-9,13-15H,3-4H2,1-2H3/t5-,6+,7-,8-,9?/m1/s1. The van der Waals surface area contributed by atoms with E-state index in [1.807, 2.05) is 18.9 Å². The highest BCUT2D eigenvalue weighted by atomic mass is 32.2. The summed E-state index contributed by atoms with van der Waals surface area (Å²) in [5.41, 5.74) is -0.324. The van der Waals surface area contributed by atoms with Crippen LogP contribution in [0.3, 0.4) is 0 Å². The first kappa shape index (κ1) is 13.1. The molecule has 0 radical (unpaired) electrons. The monoisotopic (exact) mass is 262 g/mol. The van der Waals surface area contributed by atoms with Gasteiger partial charge in [-0.25, -0.2) is 0 Å². The molecule has 6 nitrogen and oxygen atoms in total. The lowest BCUT2D eigenvalue weighted by molar-refractivity contribution is -0.164. The number of amidine groups is 1. The number of thioether (sulfide) groups is 1. The average Bonchev–Trinajstić information content (AvgIpc) is 2.76. The maximum Gasteiger partial charge on any atom is 0.162 e. The number of hydrogen-bond acceptors (Lipinski definition) is 7. The first-order valence-electron chi connectivity index (χ1n) is 5.66. The van der Waals surface area contributed by atoms with E-state index in [-0.39, 0.29) is 12.0 Å². The van der Waals surface area contributed by atoms with Crippen LogP contribution in [0.4, 0.5) is 0 Å². The fourth-order valence-electron chi connectivity index (χ4n) is 1.89. The van der Waals surface area contributed by atoms with Gasteiger partial charge in [0.1, 0.15) is 29.8 Å². The lowest BCUT2D eigenvalue weighted by Gasteiger charge is -2.37. The van der Waals surface area contributed by atoms with Gasteiger partial charge in [0.15, 0.2) is 5.17 Å². The molecule has 5 atom stereocenters. The average molecular weight is 262 g/mol. The molecule has 7 heteroatoms. The van der Waals surface area contributed by atoms with E-state index < -0.39 is 24.4 Å². The zero-order chi connectivity index (χ0) is 12.6. The second-order valence-corrected chi connectivity index (χ2v) is 5.31. The van der Waals surface area contributed by atoms with E-state index in [9.17, 15) is 10.2 Å². The van der Waals surface area contributed by atoms with Gasteiger partial charge in [-0.05, 0) is 6.92 Å². The number of rotatable bonds is 2. The molecule has 2 heterocycles. The predicted octanol–water partition coefficient (Wildman–Crippen LogP) is -1.15. The molecule has 1 fully saturated rings. The summed E-state index contributed by atoms with van der Waals surface area (Å²) in [6, 6.07) is -0.457. The van der Waals surface area contributed by atoms with Gasteiger partial charge in [0.05, 0.1) is 6.61 Å². The van der Waals surface area contributed by atoms with E-state index in [1.165, 1.54) is 11.8 Å². The van der Waals surface area contributed by atoms with E-state index in [0.29, 0.717) is 0 Å². The van der Waals surface area contributed by atoms with Gasteiger partial charge < -0.3 is 25.0 Å². The summed E-state index contributed by atoms with van der Waals surface area (Å²) in [4.78, 5) is 6.33. The van der Waals surface area contributed by atoms with Crippen molar-refractivity contribution < 1.29 is 20.1 Å². The minimum absolute atomic E-state index is 0.305. The molecule has 1 saturated heterocycles.